The van der Waals surface area contributed by atoms with Gasteiger partial charge in [0.15, 0.2) is 5.78 Å². The summed E-state index contributed by atoms with van der Waals surface area (Å²) in [4.78, 5) is 20.9. The average molecular weight is 432 g/mol. The van der Waals surface area contributed by atoms with E-state index in [1.807, 2.05) is 31.2 Å². The Morgan fingerprint density at radius 3 is 2.88 bits per heavy atom. The van der Waals surface area contributed by atoms with E-state index in [1.54, 1.807) is 21.8 Å². The van der Waals surface area contributed by atoms with Gasteiger partial charge in [-0.15, -0.1) is 5.10 Å². The Labute approximate surface area is 184 Å². The molecule has 5 rings (SSSR count). The smallest absolute Gasteiger partial charge is 0.221 e. The minimum absolute atomic E-state index is 0.0616. The molecule has 164 valence electrons. The molecule has 10 heteroatoms. The molecule has 0 aliphatic heterocycles. The summed E-state index contributed by atoms with van der Waals surface area (Å²) >= 11 is 0. The number of nitrogen functional groups attached to an aromatic ring is 1. The molecule has 32 heavy (non-hydrogen) atoms. The molecule has 0 unspecified atom stereocenters. The number of Topliss-reactive ketones (excluding diaryl/α,β-unsaturated/α-hetero) is 1. The Kier molecular flexibility index (Phi) is 4.93. The maximum atomic E-state index is 12.2. The Hall–Kier alpha value is -3.66. The van der Waals surface area contributed by atoms with Crippen molar-refractivity contribution < 1.29 is 9.90 Å². The third kappa shape index (κ3) is 4.22. The maximum absolute atomic E-state index is 12.2. The Morgan fingerprint density at radius 2 is 2.06 bits per heavy atom. The fourth-order valence-electron chi connectivity index (χ4n) is 3.76. The summed E-state index contributed by atoms with van der Waals surface area (Å²) in [7, 11) is 0. The van der Waals surface area contributed by atoms with Gasteiger partial charge in [0, 0.05) is 18.0 Å². The monoisotopic (exact) mass is 432 g/mol. The number of rotatable bonds is 8. The summed E-state index contributed by atoms with van der Waals surface area (Å²) in [5.41, 5.74) is 9.12. The van der Waals surface area contributed by atoms with Gasteiger partial charge in [0.1, 0.15) is 11.4 Å². The van der Waals surface area contributed by atoms with Gasteiger partial charge < -0.3 is 10.8 Å². The van der Waals surface area contributed by atoms with Crippen molar-refractivity contribution in [2.45, 2.75) is 51.3 Å². The second-order valence-corrected chi connectivity index (χ2v) is 8.47. The predicted octanol–water partition coefficient (Wildman–Crippen LogP) is 1.90. The first kappa shape index (κ1) is 20.3. The molecule has 1 aromatic carbocycles. The van der Waals surface area contributed by atoms with Crippen LogP contribution in [0.2, 0.25) is 0 Å². The fourth-order valence-corrected chi connectivity index (χ4v) is 3.76. The molecule has 3 aromatic heterocycles. The number of anilines is 1. The molecule has 0 bridgehead atoms. The average Bonchev–Trinajstić information content (AvgIpc) is 3.12. The van der Waals surface area contributed by atoms with Crippen LogP contribution in [0.1, 0.15) is 36.9 Å². The van der Waals surface area contributed by atoms with E-state index in [9.17, 15) is 9.90 Å². The number of aliphatic hydroxyl groups is 1. The molecule has 1 fully saturated rings. The van der Waals surface area contributed by atoms with Crippen LogP contribution in [0.4, 0.5) is 5.95 Å². The zero-order valence-electron chi connectivity index (χ0n) is 17.8. The number of hydrogen-bond donors (Lipinski definition) is 2. The van der Waals surface area contributed by atoms with E-state index in [-0.39, 0.29) is 18.3 Å². The number of nitrogens with zero attached hydrogens (tertiary/aromatic N) is 7. The van der Waals surface area contributed by atoms with E-state index < -0.39 is 5.60 Å². The summed E-state index contributed by atoms with van der Waals surface area (Å²) < 4.78 is 3.29. The molecule has 0 amide bonds. The molecule has 1 aliphatic carbocycles. The number of aryl methyl sites for hydroxylation is 1. The van der Waals surface area contributed by atoms with Crippen LogP contribution in [-0.2, 0) is 17.9 Å². The van der Waals surface area contributed by atoms with Crippen LogP contribution < -0.4 is 5.73 Å². The highest BCUT2D eigenvalue weighted by Crippen LogP contribution is 2.39. The molecular weight excluding hydrogens is 408 g/mol. The summed E-state index contributed by atoms with van der Waals surface area (Å²) in [6.45, 7) is 2.58. The third-order valence-electron chi connectivity index (χ3n) is 5.78. The molecule has 0 atom stereocenters. The number of fused-ring (bicyclic) bond motifs is 1. The normalized spacial score (nSPS) is 14.7. The van der Waals surface area contributed by atoms with Gasteiger partial charge in [-0.25, -0.2) is 14.6 Å². The number of nitrogens with two attached hydrogens (primary N) is 1. The van der Waals surface area contributed by atoms with E-state index in [0.29, 0.717) is 30.8 Å². The van der Waals surface area contributed by atoms with Crippen molar-refractivity contribution in [3.63, 3.8) is 0 Å². The van der Waals surface area contributed by atoms with Gasteiger partial charge in [-0.1, -0.05) is 23.4 Å². The molecule has 10 nitrogen and oxygen atoms in total. The molecule has 3 N–H and O–H groups in total. The molecule has 4 aromatic rings. The van der Waals surface area contributed by atoms with Crippen molar-refractivity contribution in [2.24, 2.45) is 0 Å². The maximum Gasteiger partial charge on any atom is 0.221 e. The van der Waals surface area contributed by atoms with E-state index in [2.05, 4.69) is 25.4 Å². The number of benzene rings is 1. The third-order valence-corrected chi connectivity index (χ3v) is 5.78. The van der Waals surface area contributed by atoms with Crippen LogP contribution in [0.25, 0.3) is 22.3 Å². The zero-order chi connectivity index (χ0) is 22.3. The number of ketones is 1. The minimum atomic E-state index is -0.603. The highest BCUT2D eigenvalue weighted by molar-refractivity contribution is 5.93. The number of para-hydroxylation sites is 1. The van der Waals surface area contributed by atoms with Crippen LogP contribution >= 0.6 is 0 Å². The number of carbonyl (C=O) groups excluding carboxylic acids is 1. The van der Waals surface area contributed by atoms with E-state index in [0.717, 1.165) is 35.0 Å². The first-order valence-corrected chi connectivity index (χ1v) is 10.6. The van der Waals surface area contributed by atoms with Crippen molar-refractivity contribution in [3.8, 4) is 11.4 Å². The lowest BCUT2D eigenvalue weighted by molar-refractivity contribution is -0.120. The SMILES string of the molecule is Cc1cccc2c(-c3cn(Cc4ccn(CC(=O)CCC5(O)CC5)n4)nn3)nc(N)nc12. The van der Waals surface area contributed by atoms with Crippen LogP contribution in [0.15, 0.2) is 36.7 Å². The van der Waals surface area contributed by atoms with Gasteiger partial charge in [0.2, 0.25) is 5.95 Å². The highest BCUT2D eigenvalue weighted by atomic mass is 16.3. The van der Waals surface area contributed by atoms with Crippen molar-refractivity contribution in [1.29, 1.82) is 0 Å². The van der Waals surface area contributed by atoms with Crippen molar-refractivity contribution in [1.82, 2.24) is 34.7 Å². The Balaban J connectivity index is 1.29. The molecule has 0 saturated heterocycles. The summed E-state index contributed by atoms with van der Waals surface area (Å²) in [5.74, 6) is 0.250. The number of hydrogen-bond acceptors (Lipinski definition) is 8. The van der Waals surface area contributed by atoms with E-state index in [1.165, 1.54) is 0 Å². The lowest BCUT2D eigenvalue weighted by atomic mass is 10.1. The first-order chi connectivity index (χ1) is 15.4. The van der Waals surface area contributed by atoms with Gasteiger partial charge in [0.05, 0.1) is 36.1 Å². The Bertz CT molecular complexity index is 1300. The zero-order valence-corrected chi connectivity index (χ0v) is 17.8. The first-order valence-electron chi connectivity index (χ1n) is 10.6. The van der Waals surface area contributed by atoms with Gasteiger partial charge in [-0.3, -0.25) is 9.48 Å². The molecule has 1 saturated carbocycles. The van der Waals surface area contributed by atoms with Crippen LogP contribution in [0.5, 0.6) is 0 Å². The summed E-state index contributed by atoms with van der Waals surface area (Å²) in [6, 6.07) is 7.72. The molecular formula is C22H24N8O2. The summed E-state index contributed by atoms with van der Waals surface area (Å²) in [5, 5.41) is 23.7. The predicted molar refractivity (Wildman–Crippen MR) is 117 cm³/mol. The quantitative estimate of drug-likeness (QED) is 0.431. The van der Waals surface area contributed by atoms with Crippen molar-refractivity contribution in [3.05, 3.63) is 47.9 Å². The second kappa shape index (κ2) is 7.79. The van der Waals surface area contributed by atoms with Crippen LogP contribution in [-0.4, -0.2) is 51.2 Å². The molecule has 0 radical (unpaired) electrons. The Morgan fingerprint density at radius 1 is 1.22 bits per heavy atom. The van der Waals surface area contributed by atoms with Crippen LogP contribution in [0, 0.1) is 6.92 Å². The number of carbonyl (C=O) groups is 1. The lowest BCUT2D eigenvalue weighted by Crippen LogP contribution is -2.15. The fraction of sp³-hybridized carbons (Fsp3) is 0.364. The number of aromatic nitrogens is 7. The van der Waals surface area contributed by atoms with Gasteiger partial charge >= 0.3 is 0 Å². The summed E-state index contributed by atoms with van der Waals surface area (Å²) in [6.07, 6.45) is 6.06. The standard InChI is InChI=1S/C22H24N8O2/c1-14-3-2-4-17-19(14)24-21(23)25-20(17)18-13-30(28-26-18)11-15-6-10-29(27-15)12-16(31)5-7-22(32)8-9-22/h2-4,6,10,13,32H,5,7-9,11-12H2,1H3,(H2,23,24,25). The largest absolute Gasteiger partial charge is 0.390 e. The van der Waals surface area contributed by atoms with Crippen molar-refractivity contribution in [2.75, 3.05) is 5.73 Å². The molecule has 0 spiro atoms. The minimum Gasteiger partial charge on any atom is -0.390 e. The topological polar surface area (TPSA) is 138 Å². The van der Waals surface area contributed by atoms with Gasteiger partial charge in [-0.2, -0.15) is 5.10 Å². The van der Waals surface area contributed by atoms with Gasteiger partial charge in [-0.05, 0) is 37.8 Å². The second-order valence-electron chi connectivity index (χ2n) is 8.47. The van der Waals surface area contributed by atoms with E-state index >= 15 is 0 Å². The van der Waals surface area contributed by atoms with Crippen LogP contribution in [0.3, 0.4) is 0 Å². The van der Waals surface area contributed by atoms with Gasteiger partial charge in [0.25, 0.3) is 0 Å². The lowest BCUT2D eigenvalue weighted by Gasteiger charge is -2.06. The molecule has 1 aliphatic rings. The van der Waals surface area contributed by atoms with Crippen molar-refractivity contribution >= 4 is 22.6 Å². The highest BCUT2D eigenvalue weighted by Gasteiger charge is 2.39. The van der Waals surface area contributed by atoms with E-state index in [4.69, 9.17) is 5.73 Å². The molecule has 3 heterocycles.